The fourth-order valence-electron chi connectivity index (χ4n) is 2.32. The van der Waals surface area contributed by atoms with Crippen LogP contribution in [0.1, 0.15) is 24.8 Å². The topological polar surface area (TPSA) is 16.1 Å². The SMILES string of the molecule is Cc1cc2ccccc2nc1N(C)CCCCCCl. The maximum Gasteiger partial charge on any atom is 0.131 e. The lowest BCUT2D eigenvalue weighted by atomic mass is 10.1. The number of anilines is 1. The number of nitrogens with zero attached hydrogens (tertiary/aromatic N) is 2. The molecule has 0 atom stereocenters. The minimum atomic E-state index is 0.761. The Morgan fingerprint density at radius 2 is 1.95 bits per heavy atom. The number of fused-ring (bicyclic) bond motifs is 1. The van der Waals surface area contributed by atoms with Crippen LogP contribution in [0.25, 0.3) is 10.9 Å². The summed E-state index contributed by atoms with van der Waals surface area (Å²) >= 11 is 5.70. The van der Waals surface area contributed by atoms with E-state index in [2.05, 4.69) is 43.1 Å². The molecule has 2 rings (SSSR count). The first kappa shape index (κ1) is 14.1. The van der Waals surface area contributed by atoms with E-state index in [0.29, 0.717) is 0 Å². The third-order valence-corrected chi connectivity index (χ3v) is 3.64. The molecule has 0 spiro atoms. The highest BCUT2D eigenvalue weighted by Crippen LogP contribution is 2.22. The molecular weight excluding hydrogens is 256 g/mol. The molecule has 0 fully saturated rings. The molecule has 3 heteroatoms. The van der Waals surface area contributed by atoms with Crippen LogP contribution >= 0.6 is 11.6 Å². The van der Waals surface area contributed by atoms with Crippen LogP contribution in [-0.2, 0) is 0 Å². The molecule has 102 valence electrons. The molecule has 0 aliphatic rings. The maximum atomic E-state index is 5.70. The highest BCUT2D eigenvalue weighted by atomic mass is 35.5. The number of hydrogen-bond donors (Lipinski definition) is 0. The maximum absolute atomic E-state index is 5.70. The van der Waals surface area contributed by atoms with E-state index in [1.807, 2.05) is 6.07 Å². The average molecular weight is 277 g/mol. The smallest absolute Gasteiger partial charge is 0.131 e. The van der Waals surface area contributed by atoms with E-state index < -0.39 is 0 Å². The highest BCUT2D eigenvalue weighted by Gasteiger charge is 2.07. The van der Waals surface area contributed by atoms with Gasteiger partial charge in [0.15, 0.2) is 0 Å². The second kappa shape index (κ2) is 6.76. The van der Waals surface area contributed by atoms with Gasteiger partial charge in [0, 0.05) is 24.9 Å². The van der Waals surface area contributed by atoms with Crippen LogP contribution in [0.5, 0.6) is 0 Å². The molecule has 19 heavy (non-hydrogen) atoms. The summed E-state index contributed by atoms with van der Waals surface area (Å²) in [7, 11) is 2.12. The van der Waals surface area contributed by atoms with E-state index >= 15 is 0 Å². The van der Waals surface area contributed by atoms with Crippen molar-refractivity contribution in [2.24, 2.45) is 0 Å². The zero-order chi connectivity index (χ0) is 13.7. The van der Waals surface area contributed by atoms with Crippen molar-refractivity contribution in [3.8, 4) is 0 Å². The van der Waals surface area contributed by atoms with Crippen molar-refractivity contribution in [2.45, 2.75) is 26.2 Å². The van der Waals surface area contributed by atoms with Crippen LogP contribution in [0.3, 0.4) is 0 Å². The Morgan fingerprint density at radius 1 is 1.16 bits per heavy atom. The number of alkyl halides is 1. The Hall–Kier alpha value is -1.28. The first-order chi connectivity index (χ1) is 9.22. The van der Waals surface area contributed by atoms with Gasteiger partial charge in [-0.25, -0.2) is 4.98 Å². The molecule has 0 N–H and O–H groups in total. The fourth-order valence-corrected chi connectivity index (χ4v) is 2.51. The first-order valence-corrected chi connectivity index (χ1v) is 7.39. The molecule has 1 aromatic carbocycles. The van der Waals surface area contributed by atoms with Crippen molar-refractivity contribution in [3.05, 3.63) is 35.9 Å². The second-order valence-corrected chi connectivity index (χ2v) is 5.37. The standard InChI is InChI=1S/C16H21ClN2/c1-13-12-14-8-4-5-9-15(14)18-16(13)19(2)11-7-3-6-10-17/h4-5,8-9,12H,3,6-7,10-11H2,1-2H3. The van der Waals surface area contributed by atoms with Gasteiger partial charge < -0.3 is 4.90 Å². The van der Waals surface area contributed by atoms with Crippen molar-refractivity contribution in [1.82, 2.24) is 4.98 Å². The van der Waals surface area contributed by atoms with Crippen molar-refractivity contribution >= 4 is 28.3 Å². The normalized spacial score (nSPS) is 10.9. The van der Waals surface area contributed by atoms with E-state index in [-0.39, 0.29) is 0 Å². The number of unbranched alkanes of at least 4 members (excludes halogenated alkanes) is 2. The summed E-state index contributed by atoms with van der Waals surface area (Å²) in [4.78, 5) is 7.02. The molecule has 0 bridgehead atoms. The zero-order valence-electron chi connectivity index (χ0n) is 11.7. The summed E-state index contributed by atoms with van der Waals surface area (Å²) in [5, 5.41) is 1.21. The lowest BCUT2D eigenvalue weighted by Gasteiger charge is -2.20. The molecule has 2 aromatic rings. The molecule has 1 aromatic heterocycles. The van der Waals surface area contributed by atoms with Gasteiger partial charge >= 0.3 is 0 Å². The third kappa shape index (κ3) is 3.60. The predicted molar refractivity (Wildman–Crippen MR) is 84.3 cm³/mol. The molecule has 0 unspecified atom stereocenters. The van der Waals surface area contributed by atoms with Crippen LogP contribution in [0.4, 0.5) is 5.82 Å². The molecule has 2 nitrogen and oxygen atoms in total. The number of pyridine rings is 1. The number of aromatic nitrogens is 1. The summed E-state index contributed by atoms with van der Waals surface area (Å²) in [5.41, 5.74) is 2.30. The number of para-hydroxylation sites is 1. The Labute approximate surface area is 120 Å². The molecule has 0 radical (unpaired) electrons. The monoisotopic (exact) mass is 276 g/mol. The van der Waals surface area contributed by atoms with E-state index in [1.54, 1.807) is 0 Å². The quantitative estimate of drug-likeness (QED) is 0.575. The van der Waals surface area contributed by atoms with E-state index in [4.69, 9.17) is 16.6 Å². The third-order valence-electron chi connectivity index (χ3n) is 3.38. The van der Waals surface area contributed by atoms with Gasteiger partial charge in [-0.05, 0) is 37.5 Å². The van der Waals surface area contributed by atoms with Gasteiger partial charge in [0.05, 0.1) is 5.52 Å². The largest absolute Gasteiger partial charge is 0.359 e. The molecule has 0 saturated heterocycles. The van der Waals surface area contributed by atoms with E-state index in [9.17, 15) is 0 Å². The minimum Gasteiger partial charge on any atom is -0.359 e. The van der Waals surface area contributed by atoms with Crippen LogP contribution in [0, 0.1) is 6.92 Å². The molecule has 0 aliphatic heterocycles. The van der Waals surface area contributed by atoms with Crippen LogP contribution in [0.2, 0.25) is 0 Å². The number of aryl methyl sites for hydroxylation is 1. The van der Waals surface area contributed by atoms with Gasteiger partial charge in [-0.3, -0.25) is 0 Å². The van der Waals surface area contributed by atoms with Crippen molar-refractivity contribution in [1.29, 1.82) is 0 Å². The van der Waals surface area contributed by atoms with Crippen LogP contribution in [0.15, 0.2) is 30.3 Å². The Bertz CT molecular complexity index is 539. The summed E-state index contributed by atoms with van der Waals surface area (Å²) in [6.45, 7) is 3.16. The van der Waals surface area contributed by atoms with Crippen LogP contribution in [-0.4, -0.2) is 24.5 Å². The predicted octanol–water partition coefficient (Wildman–Crippen LogP) is 4.39. The van der Waals surface area contributed by atoms with Crippen LogP contribution < -0.4 is 4.90 Å². The van der Waals surface area contributed by atoms with E-state index in [0.717, 1.165) is 36.6 Å². The number of benzene rings is 1. The summed E-state index contributed by atoms with van der Waals surface area (Å²) in [6.07, 6.45) is 3.44. The first-order valence-electron chi connectivity index (χ1n) is 6.86. The average Bonchev–Trinajstić information content (AvgIpc) is 2.42. The summed E-state index contributed by atoms with van der Waals surface area (Å²) < 4.78 is 0. The summed E-state index contributed by atoms with van der Waals surface area (Å²) in [6, 6.07) is 10.5. The fraction of sp³-hybridized carbons (Fsp3) is 0.438. The number of rotatable bonds is 6. The molecule has 0 saturated carbocycles. The lowest BCUT2D eigenvalue weighted by molar-refractivity contribution is 0.703. The van der Waals surface area contributed by atoms with Gasteiger partial charge in [-0.2, -0.15) is 0 Å². The number of hydrogen-bond acceptors (Lipinski definition) is 2. The Balaban J connectivity index is 2.12. The molecule has 0 amide bonds. The lowest BCUT2D eigenvalue weighted by Crippen LogP contribution is -2.20. The van der Waals surface area contributed by atoms with Gasteiger partial charge in [0.1, 0.15) is 5.82 Å². The van der Waals surface area contributed by atoms with E-state index in [1.165, 1.54) is 17.4 Å². The zero-order valence-corrected chi connectivity index (χ0v) is 12.5. The van der Waals surface area contributed by atoms with Gasteiger partial charge in [0.2, 0.25) is 0 Å². The molecule has 1 heterocycles. The minimum absolute atomic E-state index is 0.761. The van der Waals surface area contributed by atoms with Crippen molar-refractivity contribution in [3.63, 3.8) is 0 Å². The van der Waals surface area contributed by atoms with Gasteiger partial charge in [0.25, 0.3) is 0 Å². The number of halogens is 1. The van der Waals surface area contributed by atoms with Gasteiger partial charge in [-0.1, -0.05) is 24.6 Å². The van der Waals surface area contributed by atoms with Crippen molar-refractivity contribution in [2.75, 3.05) is 24.4 Å². The Morgan fingerprint density at radius 3 is 2.74 bits per heavy atom. The molecule has 0 aliphatic carbocycles. The van der Waals surface area contributed by atoms with Gasteiger partial charge in [-0.15, -0.1) is 11.6 Å². The summed E-state index contributed by atoms with van der Waals surface area (Å²) in [5.74, 6) is 1.85. The Kier molecular flexibility index (Phi) is 5.03. The molecular formula is C16H21ClN2. The highest BCUT2D eigenvalue weighted by molar-refractivity contribution is 6.17. The second-order valence-electron chi connectivity index (χ2n) is 4.99. The van der Waals surface area contributed by atoms with Crippen molar-refractivity contribution < 1.29 is 0 Å².